The van der Waals surface area contributed by atoms with Gasteiger partial charge in [0.15, 0.2) is 0 Å². The summed E-state index contributed by atoms with van der Waals surface area (Å²) in [5.74, 6) is 1.48. The van der Waals surface area contributed by atoms with E-state index in [4.69, 9.17) is 11.5 Å². The fraction of sp³-hybridized carbons (Fsp3) is 0.900. The normalized spacial score (nSPS) is 52.3. The Hall–Kier alpha value is -0.420. The molecule has 3 fully saturated rings. The van der Waals surface area contributed by atoms with Crippen LogP contribution in [0, 0.1) is 34.5 Å². The molecule has 0 saturated heterocycles. The molecular formula is C20H36N2O2. The Bertz CT molecular complexity index is 496. The molecule has 4 heteroatoms. The minimum atomic E-state index is -0.215. The van der Waals surface area contributed by atoms with Crippen molar-refractivity contribution < 1.29 is 10.2 Å². The molecule has 8 atom stereocenters. The first kappa shape index (κ1) is 18.4. The van der Waals surface area contributed by atoms with Crippen molar-refractivity contribution in [3.8, 4) is 0 Å². The van der Waals surface area contributed by atoms with Gasteiger partial charge in [-0.1, -0.05) is 26.0 Å². The van der Waals surface area contributed by atoms with Gasteiger partial charge in [-0.05, 0) is 79.6 Å². The fourth-order valence-electron chi connectivity index (χ4n) is 6.60. The monoisotopic (exact) mass is 336 g/mol. The second kappa shape index (κ2) is 6.39. The molecule has 0 radical (unpaired) electrons. The van der Waals surface area contributed by atoms with Crippen molar-refractivity contribution in [3.05, 3.63) is 12.2 Å². The summed E-state index contributed by atoms with van der Waals surface area (Å²) in [5, 5.41) is 20.4. The summed E-state index contributed by atoms with van der Waals surface area (Å²) in [7, 11) is 0. The number of nitrogens with two attached hydrogens (primary N) is 2. The Labute approximate surface area is 146 Å². The molecule has 3 rings (SSSR count). The van der Waals surface area contributed by atoms with Crippen LogP contribution >= 0.6 is 0 Å². The largest absolute Gasteiger partial charge is 0.396 e. The standard InChI is InChI=1S/C20H36N2O2/c1-12-18(22)9-17-15(11-23)16(5-7-19(12,17)2)20(3)6-4-14(24)8-13(20)10-21/h13-18,23-24H,1,4-11,21-22H2,2-3H3/t13-,14+,15-,16?,17?,18?,19-,20+/m1/s1. The third-order valence-corrected chi connectivity index (χ3v) is 8.36. The highest BCUT2D eigenvalue weighted by molar-refractivity contribution is 5.26. The highest BCUT2D eigenvalue weighted by Gasteiger charge is 2.57. The summed E-state index contributed by atoms with van der Waals surface area (Å²) in [4.78, 5) is 0. The molecule has 0 aromatic heterocycles. The van der Waals surface area contributed by atoms with Crippen molar-refractivity contribution in [1.82, 2.24) is 0 Å². The highest BCUT2D eigenvalue weighted by Crippen LogP contribution is 2.62. The maximum absolute atomic E-state index is 10.3. The van der Waals surface area contributed by atoms with Crippen LogP contribution in [0.2, 0.25) is 0 Å². The van der Waals surface area contributed by atoms with Crippen LogP contribution in [0.15, 0.2) is 12.2 Å². The molecule has 3 aliphatic carbocycles. The van der Waals surface area contributed by atoms with E-state index in [0.717, 1.165) is 38.5 Å². The molecule has 6 N–H and O–H groups in total. The second-order valence-corrected chi connectivity index (χ2v) is 9.25. The number of hydrogen-bond acceptors (Lipinski definition) is 4. The molecule has 0 heterocycles. The molecule has 3 unspecified atom stereocenters. The van der Waals surface area contributed by atoms with E-state index in [9.17, 15) is 10.2 Å². The summed E-state index contributed by atoms with van der Waals surface area (Å²) < 4.78 is 0. The van der Waals surface area contributed by atoms with E-state index < -0.39 is 0 Å². The predicted octanol–water partition coefficient (Wildman–Crippen LogP) is 2.04. The summed E-state index contributed by atoms with van der Waals surface area (Å²) in [6.07, 6.45) is 5.61. The van der Waals surface area contributed by atoms with Gasteiger partial charge >= 0.3 is 0 Å². The third-order valence-electron chi connectivity index (χ3n) is 8.36. The van der Waals surface area contributed by atoms with Crippen molar-refractivity contribution in [2.45, 2.75) is 64.5 Å². The fourth-order valence-corrected chi connectivity index (χ4v) is 6.60. The lowest BCUT2D eigenvalue weighted by Gasteiger charge is -2.56. The van der Waals surface area contributed by atoms with Crippen molar-refractivity contribution in [2.24, 2.45) is 46.0 Å². The van der Waals surface area contributed by atoms with Crippen molar-refractivity contribution >= 4 is 0 Å². The molecule has 0 aromatic carbocycles. The van der Waals surface area contributed by atoms with E-state index in [1.54, 1.807) is 0 Å². The number of hydrogen-bond donors (Lipinski definition) is 4. The zero-order valence-electron chi connectivity index (χ0n) is 15.4. The summed E-state index contributed by atoms with van der Waals surface area (Å²) in [6, 6.07) is 0.0686. The molecule has 3 aliphatic rings. The molecule has 0 aliphatic heterocycles. The average Bonchev–Trinajstić information content (AvgIpc) is 2.79. The van der Waals surface area contributed by atoms with E-state index in [1.807, 2.05) is 0 Å². The molecule has 138 valence electrons. The quantitative estimate of drug-likeness (QED) is 0.594. The molecule has 3 saturated carbocycles. The third kappa shape index (κ3) is 2.57. The van der Waals surface area contributed by atoms with Gasteiger partial charge in [-0.3, -0.25) is 0 Å². The summed E-state index contributed by atoms with van der Waals surface area (Å²) >= 11 is 0. The Morgan fingerprint density at radius 3 is 2.50 bits per heavy atom. The van der Waals surface area contributed by atoms with E-state index >= 15 is 0 Å². The topological polar surface area (TPSA) is 92.5 Å². The van der Waals surface area contributed by atoms with Crippen LogP contribution < -0.4 is 11.5 Å². The maximum Gasteiger partial charge on any atom is 0.0543 e. The Kier molecular flexibility index (Phi) is 4.89. The molecule has 0 aromatic rings. The average molecular weight is 337 g/mol. The minimum Gasteiger partial charge on any atom is -0.396 e. The first-order valence-electron chi connectivity index (χ1n) is 9.71. The van der Waals surface area contributed by atoms with Crippen LogP contribution in [0.25, 0.3) is 0 Å². The van der Waals surface area contributed by atoms with Crippen LogP contribution in [0.1, 0.15) is 52.4 Å². The lowest BCUT2D eigenvalue weighted by molar-refractivity contribution is -0.0913. The molecule has 24 heavy (non-hydrogen) atoms. The zero-order valence-corrected chi connectivity index (χ0v) is 15.4. The van der Waals surface area contributed by atoms with Gasteiger partial charge in [0.1, 0.15) is 0 Å². The smallest absolute Gasteiger partial charge is 0.0543 e. The van der Waals surface area contributed by atoms with Crippen LogP contribution in [0.3, 0.4) is 0 Å². The Morgan fingerprint density at radius 1 is 1.17 bits per heavy atom. The second-order valence-electron chi connectivity index (χ2n) is 9.25. The van der Waals surface area contributed by atoms with Crippen molar-refractivity contribution in [1.29, 1.82) is 0 Å². The van der Waals surface area contributed by atoms with Crippen LogP contribution in [0.5, 0.6) is 0 Å². The molecule has 4 nitrogen and oxygen atoms in total. The van der Waals surface area contributed by atoms with Gasteiger partial charge in [0.05, 0.1) is 6.10 Å². The van der Waals surface area contributed by atoms with Crippen LogP contribution in [-0.2, 0) is 0 Å². The minimum absolute atomic E-state index is 0.0686. The molecular weight excluding hydrogens is 300 g/mol. The highest BCUT2D eigenvalue weighted by atomic mass is 16.3. The first-order chi connectivity index (χ1) is 11.3. The van der Waals surface area contributed by atoms with E-state index in [2.05, 4.69) is 20.4 Å². The van der Waals surface area contributed by atoms with Crippen LogP contribution in [0.4, 0.5) is 0 Å². The molecule has 0 amide bonds. The van der Waals surface area contributed by atoms with Crippen molar-refractivity contribution in [2.75, 3.05) is 13.2 Å². The van der Waals surface area contributed by atoms with Gasteiger partial charge in [-0.2, -0.15) is 0 Å². The van der Waals surface area contributed by atoms with Gasteiger partial charge in [-0.25, -0.2) is 0 Å². The van der Waals surface area contributed by atoms with Gasteiger partial charge < -0.3 is 21.7 Å². The number of rotatable bonds is 3. The number of aliphatic hydroxyl groups excluding tert-OH is 2. The van der Waals surface area contributed by atoms with Crippen LogP contribution in [-0.4, -0.2) is 35.5 Å². The summed E-state index contributed by atoms with van der Waals surface area (Å²) in [6.45, 7) is 9.80. The lowest BCUT2D eigenvalue weighted by Crippen LogP contribution is -2.52. The van der Waals surface area contributed by atoms with Gasteiger partial charge in [-0.15, -0.1) is 0 Å². The number of fused-ring (bicyclic) bond motifs is 1. The SMILES string of the molecule is C=C1C(N)CC2[C@H](CO)C([C@@]3(C)CC[C@H](O)C[C@@H]3CN)CC[C@]12C. The van der Waals surface area contributed by atoms with Gasteiger partial charge in [0.2, 0.25) is 0 Å². The van der Waals surface area contributed by atoms with Gasteiger partial charge in [0.25, 0.3) is 0 Å². The summed E-state index contributed by atoms with van der Waals surface area (Å²) in [5.41, 5.74) is 13.8. The maximum atomic E-state index is 10.3. The predicted molar refractivity (Wildman–Crippen MR) is 97.1 cm³/mol. The lowest BCUT2D eigenvalue weighted by atomic mass is 9.49. The van der Waals surface area contributed by atoms with E-state index in [-0.39, 0.29) is 35.5 Å². The van der Waals surface area contributed by atoms with Crippen molar-refractivity contribution in [3.63, 3.8) is 0 Å². The van der Waals surface area contributed by atoms with E-state index in [0.29, 0.717) is 24.3 Å². The number of aliphatic hydroxyl groups is 2. The van der Waals surface area contributed by atoms with E-state index in [1.165, 1.54) is 5.57 Å². The first-order valence-corrected chi connectivity index (χ1v) is 9.71. The van der Waals surface area contributed by atoms with Gasteiger partial charge in [0, 0.05) is 12.6 Å². The zero-order chi connectivity index (χ0) is 17.7. The Balaban J connectivity index is 1.90. The molecule has 0 spiro atoms. The molecule has 0 bridgehead atoms. The Morgan fingerprint density at radius 2 is 1.88 bits per heavy atom.